The molecule has 0 aromatic carbocycles. The summed E-state index contributed by atoms with van der Waals surface area (Å²) in [4.78, 5) is 15.7. The summed E-state index contributed by atoms with van der Waals surface area (Å²) in [6.07, 6.45) is 10.4. The van der Waals surface area contributed by atoms with Gasteiger partial charge in [-0.05, 0) is 30.9 Å². The minimum absolute atomic E-state index is 0.125. The average molecular weight is 218 g/mol. The van der Waals surface area contributed by atoms with Gasteiger partial charge in [-0.2, -0.15) is 0 Å². The molecule has 16 heavy (non-hydrogen) atoms. The van der Waals surface area contributed by atoms with E-state index < -0.39 is 0 Å². The van der Waals surface area contributed by atoms with Crippen LogP contribution in [0.25, 0.3) is 0 Å². The highest BCUT2D eigenvalue weighted by molar-refractivity contribution is 5.90. The number of nitrogens with zero attached hydrogens (tertiary/aromatic N) is 1. The van der Waals surface area contributed by atoms with E-state index >= 15 is 0 Å². The van der Waals surface area contributed by atoms with Crippen LogP contribution in [0.3, 0.4) is 0 Å². The van der Waals surface area contributed by atoms with Crippen molar-refractivity contribution in [2.24, 2.45) is 5.92 Å². The average Bonchev–Trinajstić information content (AvgIpc) is 2.31. The summed E-state index contributed by atoms with van der Waals surface area (Å²) in [5, 5.41) is 2.89. The van der Waals surface area contributed by atoms with Gasteiger partial charge < -0.3 is 5.32 Å². The largest absolute Gasteiger partial charge is 0.325 e. The molecule has 3 nitrogen and oxygen atoms in total. The first kappa shape index (κ1) is 11.1. The predicted octanol–water partition coefficient (Wildman–Crippen LogP) is 2.99. The van der Waals surface area contributed by atoms with Crippen molar-refractivity contribution in [1.82, 2.24) is 4.98 Å². The molecule has 0 atom stereocenters. The summed E-state index contributed by atoms with van der Waals surface area (Å²) in [7, 11) is 0. The fourth-order valence-electron chi connectivity index (χ4n) is 2.30. The van der Waals surface area contributed by atoms with E-state index in [1.807, 2.05) is 12.1 Å². The number of aromatic nitrogens is 1. The lowest BCUT2D eigenvalue weighted by atomic mass is 9.87. The van der Waals surface area contributed by atoms with E-state index in [9.17, 15) is 4.79 Å². The molecule has 0 radical (unpaired) electrons. The number of hydrogen-bond donors (Lipinski definition) is 1. The first-order valence-electron chi connectivity index (χ1n) is 6.04. The zero-order valence-corrected chi connectivity index (χ0v) is 9.48. The van der Waals surface area contributed by atoms with Gasteiger partial charge in [0.05, 0.1) is 11.9 Å². The molecule has 1 N–H and O–H groups in total. The number of nitrogens with one attached hydrogen (secondary N) is 1. The van der Waals surface area contributed by atoms with Gasteiger partial charge in [0, 0.05) is 12.6 Å². The zero-order valence-electron chi connectivity index (χ0n) is 9.48. The van der Waals surface area contributed by atoms with E-state index in [2.05, 4.69) is 10.3 Å². The van der Waals surface area contributed by atoms with Gasteiger partial charge in [0.1, 0.15) is 0 Å². The molecule has 86 valence electrons. The van der Waals surface area contributed by atoms with Gasteiger partial charge in [-0.15, -0.1) is 0 Å². The van der Waals surface area contributed by atoms with Crippen LogP contribution in [0.1, 0.15) is 38.5 Å². The van der Waals surface area contributed by atoms with Crippen LogP contribution < -0.4 is 5.32 Å². The van der Waals surface area contributed by atoms with Crippen LogP contribution >= 0.6 is 0 Å². The third kappa shape index (κ3) is 3.33. The van der Waals surface area contributed by atoms with Crippen molar-refractivity contribution in [3.63, 3.8) is 0 Å². The van der Waals surface area contributed by atoms with Gasteiger partial charge in [0.15, 0.2) is 0 Å². The summed E-state index contributed by atoms with van der Waals surface area (Å²) < 4.78 is 0. The molecule has 1 aromatic heterocycles. The Morgan fingerprint density at radius 3 is 2.88 bits per heavy atom. The van der Waals surface area contributed by atoms with Gasteiger partial charge in [0.25, 0.3) is 0 Å². The predicted molar refractivity (Wildman–Crippen MR) is 64.1 cm³/mol. The smallest absolute Gasteiger partial charge is 0.224 e. The Morgan fingerprint density at radius 2 is 2.19 bits per heavy atom. The van der Waals surface area contributed by atoms with E-state index in [4.69, 9.17) is 0 Å². The molecule has 0 saturated heterocycles. The highest BCUT2D eigenvalue weighted by Crippen LogP contribution is 2.26. The molecular weight excluding hydrogens is 200 g/mol. The molecule has 2 rings (SSSR count). The molecule has 1 amide bonds. The van der Waals surface area contributed by atoms with Crippen LogP contribution in [0.2, 0.25) is 0 Å². The lowest BCUT2D eigenvalue weighted by Crippen LogP contribution is -2.18. The fourth-order valence-corrected chi connectivity index (χ4v) is 2.30. The Kier molecular flexibility index (Phi) is 3.91. The molecule has 1 aliphatic carbocycles. The Labute approximate surface area is 96.3 Å². The second-order valence-electron chi connectivity index (χ2n) is 4.50. The third-order valence-electron chi connectivity index (χ3n) is 3.14. The number of carbonyl (C=O) groups excluding carboxylic acids is 1. The molecule has 1 heterocycles. The summed E-state index contributed by atoms with van der Waals surface area (Å²) in [6, 6.07) is 3.70. The number of amides is 1. The van der Waals surface area contributed by atoms with Crippen molar-refractivity contribution < 1.29 is 4.79 Å². The Hall–Kier alpha value is -1.38. The maximum atomic E-state index is 11.7. The molecule has 1 aliphatic rings. The maximum Gasteiger partial charge on any atom is 0.224 e. The summed E-state index contributed by atoms with van der Waals surface area (Å²) in [5.41, 5.74) is 0.795. The van der Waals surface area contributed by atoms with Crippen LogP contribution in [0, 0.1) is 5.92 Å². The normalized spacial score (nSPS) is 17.0. The fraction of sp³-hybridized carbons (Fsp3) is 0.538. The molecule has 3 heteroatoms. The lowest BCUT2D eigenvalue weighted by Gasteiger charge is -2.20. The Balaban J connectivity index is 1.80. The number of rotatable bonds is 3. The minimum atomic E-state index is 0.125. The summed E-state index contributed by atoms with van der Waals surface area (Å²) >= 11 is 0. The molecule has 0 bridgehead atoms. The Morgan fingerprint density at radius 1 is 1.38 bits per heavy atom. The van der Waals surface area contributed by atoms with Crippen LogP contribution in [0.15, 0.2) is 24.5 Å². The van der Waals surface area contributed by atoms with Gasteiger partial charge in [-0.3, -0.25) is 9.78 Å². The van der Waals surface area contributed by atoms with Crippen molar-refractivity contribution in [1.29, 1.82) is 0 Å². The van der Waals surface area contributed by atoms with Gasteiger partial charge in [-0.25, -0.2) is 0 Å². The second kappa shape index (κ2) is 5.64. The maximum absolute atomic E-state index is 11.7. The summed E-state index contributed by atoms with van der Waals surface area (Å²) in [6.45, 7) is 0. The van der Waals surface area contributed by atoms with Crippen LogP contribution in [0.5, 0.6) is 0 Å². The van der Waals surface area contributed by atoms with E-state index in [1.165, 1.54) is 32.1 Å². The second-order valence-corrected chi connectivity index (χ2v) is 4.50. The van der Waals surface area contributed by atoms with Crippen molar-refractivity contribution in [2.75, 3.05) is 5.32 Å². The number of hydrogen-bond acceptors (Lipinski definition) is 2. The van der Waals surface area contributed by atoms with Crippen LogP contribution in [0.4, 0.5) is 5.69 Å². The van der Waals surface area contributed by atoms with Crippen molar-refractivity contribution >= 4 is 11.6 Å². The SMILES string of the molecule is O=C(CC1CCCCC1)Nc1cccnc1. The number of carbonyl (C=O) groups is 1. The van der Waals surface area contributed by atoms with Gasteiger partial charge in [-0.1, -0.05) is 19.3 Å². The van der Waals surface area contributed by atoms with E-state index in [1.54, 1.807) is 12.4 Å². The van der Waals surface area contributed by atoms with Crippen molar-refractivity contribution in [3.05, 3.63) is 24.5 Å². The molecule has 0 unspecified atom stereocenters. The van der Waals surface area contributed by atoms with Crippen molar-refractivity contribution in [3.8, 4) is 0 Å². The first-order valence-corrected chi connectivity index (χ1v) is 6.04. The van der Waals surface area contributed by atoms with E-state index in [0.29, 0.717) is 12.3 Å². The molecule has 1 fully saturated rings. The standard InChI is InChI=1S/C13H18N2O/c16-13(9-11-5-2-1-3-6-11)15-12-7-4-8-14-10-12/h4,7-8,10-11H,1-3,5-6,9H2,(H,15,16). The molecule has 0 spiro atoms. The quantitative estimate of drug-likeness (QED) is 0.847. The van der Waals surface area contributed by atoms with Crippen molar-refractivity contribution in [2.45, 2.75) is 38.5 Å². The number of pyridine rings is 1. The molecule has 1 aromatic rings. The first-order chi connectivity index (χ1) is 7.84. The van der Waals surface area contributed by atoms with Gasteiger partial charge in [0.2, 0.25) is 5.91 Å². The molecule has 0 aliphatic heterocycles. The number of anilines is 1. The highest BCUT2D eigenvalue weighted by Gasteiger charge is 2.16. The monoisotopic (exact) mass is 218 g/mol. The van der Waals surface area contributed by atoms with E-state index in [0.717, 1.165) is 5.69 Å². The summed E-state index contributed by atoms with van der Waals surface area (Å²) in [5.74, 6) is 0.713. The topological polar surface area (TPSA) is 42.0 Å². The third-order valence-corrected chi connectivity index (χ3v) is 3.14. The van der Waals surface area contributed by atoms with Gasteiger partial charge >= 0.3 is 0 Å². The van der Waals surface area contributed by atoms with Crippen LogP contribution in [-0.2, 0) is 4.79 Å². The van der Waals surface area contributed by atoms with Crippen LogP contribution in [-0.4, -0.2) is 10.9 Å². The minimum Gasteiger partial charge on any atom is -0.325 e. The zero-order chi connectivity index (χ0) is 11.2. The Bertz CT molecular complexity index is 331. The highest BCUT2D eigenvalue weighted by atomic mass is 16.1. The van der Waals surface area contributed by atoms with E-state index in [-0.39, 0.29) is 5.91 Å². The lowest BCUT2D eigenvalue weighted by molar-refractivity contribution is -0.117. The molecular formula is C13H18N2O. The molecule has 1 saturated carbocycles.